The fourth-order valence-electron chi connectivity index (χ4n) is 3.74. The number of hydrogen-bond acceptors (Lipinski definition) is 2. The van der Waals surface area contributed by atoms with Gasteiger partial charge in [-0.2, -0.15) is 5.26 Å². The average molecular weight is 350 g/mol. The van der Waals surface area contributed by atoms with Crippen molar-refractivity contribution in [1.82, 2.24) is 0 Å². The molecule has 134 valence electrons. The van der Waals surface area contributed by atoms with E-state index in [0.717, 1.165) is 36.8 Å². The third kappa shape index (κ3) is 4.49. The van der Waals surface area contributed by atoms with Crippen LogP contribution >= 0.6 is 0 Å². The molecule has 0 aromatic heterocycles. The lowest BCUT2D eigenvalue weighted by Crippen LogP contribution is -2.21. The topological polar surface area (TPSA) is 52.9 Å². The fraction of sp³-hybridized carbons (Fsp3) is 0.364. The normalized spacial score (nSPS) is 19.6. The molecule has 0 heterocycles. The molecule has 26 heavy (non-hydrogen) atoms. The molecule has 0 radical (unpaired) electrons. The Morgan fingerprint density at radius 3 is 2.46 bits per heavy atom. The van der Waals surface area contributed by atoms with E-state index < -0.39 is 0 Å². The molecule has 1 aliphatic rings. The van der Waals surface area contributed by atoms with Gasteiger partial charge in [0.25, 0.3) is 0 Å². The van der Waals surface area contributed by atoms with Gasteiger partial charge in [0.1, 0.15) is 5.82 Å². The van der Waals surface area contributed by atoms with Crippen LogP contribution in [-0.2, 0) is 4.79 Å². The van der Waals surface area contributed by atoms with Gasteiger partial charge in [-0.25, -0.2) is 4.39 Å². The van der Waals surface area contributed by atoms with Crippen molar-refractivity contribution in [2.75, 3.05) is 5.32 Å². The van der Waals surface area contributed by atoms with Gasteiger partial charge in [0.15, 0.2) is 0 Å². The summed E-state index contributed by atoms with van der Waals surface area (Å²) in [6.45, 7) is 1.90. The molecule has 0 aliphatic heterocycles. The van der Waals surface area contributed by atoms with Crippen LogP contribution in [0.2, 0.25) is 0 Å². The predicted molar refractivity (Wildman–Crippen MR) is 100 cm³/mol. The van der Waals surface area contributed by atoms with E-state index in [0.29, 0.717) is 23.6 Å². The van der Waals surface area contributed by atoms with Gasteiger partial charge < -0.3 is 5.32 Å². The quantitative estimate of drug-likeness (QED) is 0.812. The van der Waals surface area contributed by atoms with Crippen LogP contribution in [0.25, 0.3) is 0 Å². The summed E-state index contributed by atoms with van der Waals surface area (Å²) >= 11 is 0. The summed E-state index contributed by atoms with van der Waals surface area (Å²) in [6.07, 6.45) is 4.23. The van der Waals surface area contributed by atoms with E-state index >= 15 is 0 Å². The first-order chi connectivity index (χ1) is 12.5. The molecule has 1 fully saturated rings. The molecule has 2 aromatic rings. The number of amides is 1. The van der Waals surface area contributed by atoms with E-state index in [4.69, 9.17) is 5.26 Å². The number of benzene rings is 2. The number of anilines is 1. The second-order valence-corrected chi connectivity index (χ2v) is 7.18. The molecule has 0 spiro atoms. The van der Waals surface area contributed by atoms with Gasteiger partial charge in [0.05, 0.1) is 11.6 Å². The Morgan fingerprint density at radius 1 is 1.15 bits per heavy atom. The lowest BCUT2D eigenvalue weighted by atomic mass is 9.77. The average Bonchev–Trinajstić information content (AvgIpc) is 2.63. The van der Waals surface area contributed by atoms with Crippen molar-refractivity contribution in [3.63, 3.8) is 0 Å². The van der Waals surface area contributed by atoms with Crippen molar-refractivity contribution < 1.29 is 9.18 Å². The first kappa shape index (κ1) is 18.1. The number of carbonyl (C=O) groups excluding carboxylic acids is 1. The maximum atomic E-state index is 14.2. The minimum Gasteiger partial charge on any atom is -0.326 e. The van der Waals surface area contributed by atoms with Gasteiger partial charge in [0.2, 0.25) is 5.91 Å². The second kappa shape index (κ2) is 8.14. The molecule has 3 rings (SSSR count). The fourth-order valence-corrected chi connectivity index (χ4v) is 3.74. The van der Waals surface area contributed by atoms with Gasteiger partial charge >= 0.3 is 0 Å². The lowest BCUT2D eigenvalue weighted by molar-refractivity contribution is -0.117. The standard InChI is InChI=1S/C22H23FN2O/c1-15-2-11-20(21(23)12-15)18-7-3-16(4-8-18)13-22(26)25-19-9-5-17(14-24)6-10-19/h2,5-6,9-12,16,18H,3-4,7-8,13H2,1H3,(H,25,26). The van der Waals surface area contributed by atoms with Crippen LogP contribution in [-0.4, -0.2) is 5.91 Å². The molecule has 3 nitrogen and oxygen atoms in total. The zero-order valence-corrected chi connectivity index (χ0v) is 15.0. The number of rotatable bonds is 4. The Morgan fingerprint density at radius 2 is 1.85 bits per heavy atom. The third-order valence-corrected chi connectivity index (χ3v) is 5.21. The first-order valence-electron chi connectivity index (χ1n) is 9.11. The van der Waals surface area contributed by atoms with E-state index in [9.17, 15) is 9.18 Å². The molecule has 1 saturated carbocycles. The number of nitriles is 1. The zero-order valence-electron chi connectivity index (χ0n) is 15.0. The van der Waals surface area contributed by atoms with Gasteiger partial charge in [0, 0.05) is 12.1 Å². The summed E-state index contributed by atoms with van der Waals surface area (Å²) in [5, 5.41) is 11.7. The third-order valence-electron chi connectivity index (χ3n) is 5.21. The summed E-state index contributed by atoms with van der Waals surface area (Å²) in [4.78, 5) is 12.2. The van der Waals surface area contributed by atoms with Crippen LogP contribution in [0, 0.1) is 30.0 Å². The molecule has 1 amide bonds. The number of halogens is 1. The minimum atomic E-state index is -0.105. The summed E-state index contributed by atoms with van der Waals surface area (Å²) in [5.74, 6) is 0.498. The van der Waals surface area contributed by atoms with Crippen LogP contribution < -0.4 is 5.32 Å². The van der Waals surface area contributed by atoms with Crippen molar-refractivity contribution >= 4 is 11.6 Å². The maximum absolute atomic E-state index is 14.2. The van der Waals surface area contributed by atoms with Crippen molar-refractivity contribution in [2.24, 2.45) is 5.92 Å². The van der Waals surface area contributed by atoms with E-state index in [-0.39, 0.29) is 17.6 Å². The monoisotopic (exact) mass is 350 g/mol. The molecule has 4 heteroatoms. The summed E-state index contributed by atoms with van der Waals surface area (Å²) < 4.78 is 14.2. The van der Waals surface area contributed by atoms with Crippen LogP contribution in [0.5, 0.6) is 0 Å². The molecule has 0 bridgehead atoms. The largest absolute Gasteiger partial charge is 0.326 e. The van der Waals surface area contributed by atoms with Crippen molar-refractivity contribution in [3.05, 3.63) is 65.0 Å². The Balaban J connectivity index is 1.50. The van der Waals surface area contributed by atoms with Crippen molar-refractivity contribution in [1.29, 1.82) is 5.26 Å². The van der Waals surface area contributed by atoms with Crippen molar-refractivity contribution in [2.45, 2.75) is 44.9 Å². The number of nitrogens with one attached hydrogen (secondary N) is 1. The van der Waals surface area contributed by atoms with E-state index in [1.54, 1.807) is 30.3 Å². The van der Waals surface area contributed by atoms with Gasteiger partial charge in [-0.3, -0.25) is 4.79 Å². The molecule has 0 saturated heterocycles. The SMILES string of the molecule is Cc1ccc(C2CCC(CC(=O)Nc3ccc(C#N)cc3)CC2)c(F)c1. The van der Waals surface area contributed by atoms with E-state index in [1.807, 2.05) is 19.1 Å². The van der Waals surface area contributed by atoms with Crippen LogP contribution in [0.3, 0.4) is 0 Å². The number of hydrogen-bond donors (Lipinski definition) is 1. The number of nitrogens with zero attached hydrogens (tertiary/aromatic N) is 1. The van der Waals surface area contributed by atoms with E-state index in [2.05, 4.69) is 11.4 Å². The summed E-state index contributed by atoms with van der Waals surface area (Å²) in [7, 11) is 0. The highest BCUT2D eigenvalue weighted by Crippen LogP contribution is 2.38. The highest BCUT2D eigenvalue weighted by atomic mass is 19.1. The summed E-state index contributed by atoms with van der Waals surface area (Å²) in [5.41, 5.74) is 3.05. The van der Waals surface area contributed by atoms with E-state index in [1.165, 1.54) is 0 Å². The predicted octanol–water partition coefficient (Wildman–Crippen LogP) is 5.31. The Bertz CT molecular complexity index is 815. The molecule has 2 aromatic carbocycles. The molecular weight excluding hydrogens is 327 g/mol. The lowest BCUT2D eigenvalue weighted by Gasteiger charge is -2.28. The zero-order chi connectivity index (χ0) is 18.5. The molecule has 0 atom stereocenters. The molecule has 1 aliphatic carbocycles. The van der Waals surface area contributed by atoms with Gasteiger partial charge in [-0.05, 0) is 85.9 Å². The molecule has 1 N–H and O–H groups in total. The highest BCUT2D eigenvalue weighted by molar-refractivity contribution is 5.90. The van der Waals surface area contributed by atoms with Gasteiger partial charge in [-0.15, -0.1) is 0 Å². The van der Waals surface area contributed by atoms with Crippen LogP contribution in [0.4, 0.5) is 10.1 Å². The van der Waals surface area contributed by atoms with Crippen LogP contribution in [0.15, 0.2) is 42.5 Å². The smallest absolute Gasteiger partial charge is 0.224 e. The number of carbonyl (C=O) groups is 1. The number of aryl methyl sites for hydroxylation is 1. The molecule has 0 unspecified atom stereocenters. The minimum absolute atomic E-state index is 0.000302. The highest BCUT2D eigenvalue weighted by Gasteiger charge is 2.25. The maximum Gasteiger partial charge on any atom is 0.224 e. The Labute approximate surface area is 153 Å². The summed E-state index contributed by atoms with van der Waals surface area (Å²) in [6, 6.07) is 14.4. The van der Waals surface area contributed by atoms with Crippen molar-refractivity contribution in [3.8, 4) is 6.07 Å². The Kier molecular flexibility index (Phi) is 5.68. The van der Waals surface area contributed by atoms with Crippen LogP contribution in [0.1, 0.15) is 54.7 Å². The second-order valence-electron chi connectivity index (χ2n) is 7.18. The Hall–Kier alpha value is -2.67. The van der Waals surface area contributed by atoms with Gasteiger partial charge in [-0.1, -0.05) is 12.1 Å². The first-order valence-corrected chi connectivity index (χ1v) is 9.11. The molecular formula is C22H23FN2O.